The van der Waals surface area contributed by atoms with Crippen LogP contribution in [0, 0.1) is 0 Å². The first-order valence-corrected chi connectivity index (χ1v) is 15.5. The molecule has 0 aromatic heterocycles. The lowest BCUT2D eigenvalue weighted by molar-refractivity contribution is -0.141. The number of nitrogens with one attached hydrogen (secondary N) is 3. The maximum Gasteiger partial charge on any atom is 0.313 e. The molecule has 3 rings (SSSR count). The first kappa shape index (κ1) is 33.9. The van der Waals surface area contributed by atoms with Crippen LogP contribution in [0.4, 0.5) is 5.69 Å². The highest BCUT2D eigenvalue weighted by Crippen LogP contribution is 2.44. The molecule has 232 valence electrons. The molecule has 0 spiro atoms. The summed E-state index contributed by atoms with van der Waals surface area (Å²) < 4.78 is 19.7. The molecule has 0 aliphatic carbocycles. The van der Waals surface area contributed by atoms with Gasteiger partial charge in [0.1, 0.15) is 18.7 Å². The number of Topliss-reactive ketones (excluding diaryl/α,β-unsaturated/α-hetero) is 1. The van der Waals surface area contributed by atoms with Crippen LogP contribution in [0.25, 0.3) is 0 Å². The third-order valence-electron chi connectivity index (χ3n) is 6.60. The summed E-state index contributed by atoms with van der Waals surface area (Å²) in [5.41, 5.74) is 0.916. The van der Waals surface area contributed by atoms with Crippen LogP contribution in [0.15, 0.2) is 84.9 Å². The molecule has 0 fully saturated rings. The van der Waals surface area contributed by atoms with Gasteiger partial charge in [-0.15, -0.1) is 0 Å². The van der Waals surface area contributed by atoms with Crippen molar-refractivity contribution in [3.63, 3.8) is 0 Å². The van der Waals surface area contributed by atoms with Gasteiger partial charge in [-0.2, -0.15) is 0 Å². The van der Waals surface area contributed by atoms with Crippen molar-refractivity contribution in [3.8, 4) is 0 Å². The maximum absolute atomic E-state index is 14.0. The van der Waals surface area contributed by atoms with E-state index in [1.54, 1.807) is 72.8 Å². The fourth-order valence-corrected chi connectivity index (χ4v) is 6.31. The molecule has 0 heterocycles. The van der Waals surface area contributed by atoms with E-state index in [2.05, 4.69) is 16.0 Å². The number of para-hydroxylation sites is 1. The molecule has 3 aromatic rings. The van der Waals surface area contributed by atoms with E-state index < -0.39 is 62.0 Å². The van der Waals surface area contributed by atoms with Crippen LogP contribution in [0.1, 0.15) is 39.7 Å². The number of aliphatic carboxylic acids is 1. The Labute approximate surface area is 255 Å². The summed E-state index contributed by atoms with van der Waals surface area (Å²) in [7, 11) is -3.76. The van der Waals surface area contributed by atoms with Crippen LogP contribution in [0.5, 0.6) is 0 Å². The molecular weight excluding hydrogens is 585 g/mol. The van der Waals surface area contributed by atoms with E-state index in [4.69, 9.17) is 4.52 Å². The molecule has 11 nitrogen and oxygen atoms in total. The lowest BCUT2D eigenvalue weighted by Crippen LogP contribution is -2.53. The Morgan fingerprint density at radius 3 is 1.84 bits per heavy atom. The molecule has 2 atom stereocenters. The van der Waals surface area contributed by atoms with Crippen LogP contribution in [0.3, 0.4) is 0 Å². The van der Waals surface area contributed by atoms with Crippen molar-refractivity contribution in [1.29, 1.82) is 0 Å². The molecule has 0 saturated heterocycles. The van der Waals surface area contributed by atoms with Crippen molar-refractivity contribution in [3.05, 3.63) is 90.5 Å². The smallest absolute Gasteiger partial charge is 0.313 e. The zero-order chi connectivity index (χ0) is 32.5. The fraction of sp³-hybridized carbons (Fsp3) is 0.281. The van der Waals surface area contributed by atoms with Crippen LogP contribution < -0.4 is 26.6 Å². The lowest BCUT2D eigenvalue weighted by atomic mass is 9.86. The van der Waals surface area contributed by atoms with E-state index in [0.717, 1.165) is 5.56 Å². The van der Waals surface area contributed by atoms with Gasteiger partial charge in [0.25, 0.3) is 7.37 Å². The molecule has 0 aliphatic rings. The highest BCUT2D eigenvalue weighted by molar-refractivity contribution is 7.74. The van der Waals surface area contributed by atoms with E-state index in [1.165, 1.54) is 6.92 Å². The monoisotopic (exact) mass is 621 g/mol. The second-order valence-electron chi connectivity index (χ2n) is 11.1. The fourth-order valence-electron chi connectivity index (χ4n) is 4.27. The molecular formula is C32H36N3O8P. The third kappa shape index (κ3) is 8.95. The minimum atomic E-state index is -3.76. The van der Waals surface area contributed by atoms with Gasteiger partial charge < -0.3 is 25.6 Å². The Hall–Kier alpha value is -4.60. The number of carbonyl (C=O) groups excluding carboxylic acids is 4. The van der Waals surface area contributed by atoms with E-state index in [1.807, 2.05) is 32.9 Å². The second kappa shape index (κ2) is 14.7. The summed E-state index contributed by atoms with van der Waals surface area (Å²) in [6, 6.07) is 20.6. The molecule has 0 saturated carbocycles. The van der Waals surface area contributed by atoms with Gasteiger partial charge in [0, 0.05) is 16.3 Å². The van der Waals surface area contributed by atoms with Crippen molar-refractivity contribution in [2.24, 2.45) is 0 Å². The average Bonchev–Trinajstić information content (AvgIpc) is 2.99. The molecule has 3 aromatic carbocycles. The van der Waals surface area contributed by atoms with Gasteiger partial charge in [0.05, 0.1) is 6.42 Å². The average molecular weight is 622 g/mol. The Kier molecular flexibility index (Phi) is 11.3. The molecule has 0 bridgehead atoms. The molecule has 12 heteroatoms. The van der Waals surface area contributed by atoms with Crippen molar-refractivity contribution < 1.29 is 38.2 Å². The van der Waals surface area contributed by atoms with E-state index in [0.29, 0.717) is 16.3 Å². The summed E-state index contributed by atoms with van der Waals surface area (Å²) in [5.74, 6) is -5.25. The summed E-state index contributed by atoms with van der Waals surface area (Å²) in [6.07, 6.45) is -0.792. The molecule has 44 heavy (non-hydrogen) atoms. The summed E-state index contributed by atoms with van der Waals surface area (Å²) in [5, 5.41) is 17.2. The number of hydrogen-bond donors (Lipinski definition) is 4. The Morgan fingerprint density at radius 2 is 1.32 bits per heavy atom. The first-order valence-electron chi connectivity index (χ1n) is 13.8. The van der Waals surface area contributed by atoms with E-state index in [9.17, 15) is 33.6 Å². The topological polar surface area (TPSA) is 168 Å². The predicted molar refractivity (Wildman–Crippen MR) is 166 cm³/mol. The summed E-state index contributed by atoms with van der Waals surface area (Å²) >= 11 is 0. The maximum atomic E-state index is 14.0. The molecule has 4 N–H and O–H groups in total. The molecule has 3 amide bonds. The zero-order valence-corrected chi connectivity index (χ0v) is 25.8. The zero-order valence-electron chi connectivity index (χ0n) is 24.9. The standard InChI is InChI=1S/C32H36N3O8P/c1-21(33-30(40)31(41)34-25-18-12-11-17-24(25)32(2,3)4)29(39)35-26(19-28(37)38)27(36)20-43-44(42,22-13-7-5-8-14-22)23-15-9-6-10-16-23/h5-18,21,26H,19-20H2,1-4H3,(H,33,40)(H,34,41)(H,35,39)(H,37,38)/t21-,26-/m0/s1. The van der Waals surface area contributed by atoms with Crippen LogP contribution in [-0.4, -0.2) is 53.3 Å². The predicted octanol–water partition coefficient (Wildman–Crippen LogP) is 2.90. The number of carbonyl (C=O) groups is 5. The van der Waals surface area contributed by atoms with Gasteiger partial charge in [0.2, 0.25) is 5.91 Å². The first-order chi connectivity index (χ1) is 20.7. The van der Waals surface area contributed by atoms with Gasteiger partial charge in [-0.05, 0) is 48.2 Å². The Balaban J connectivity index is 1.68. The van der Waals surface area contributed by atoms with Crippen LogP contribution >= 0.6 is 7.37 Å². The number of ketones is 1. The van der Waals surface area contributed by atoms with Crippen molar-refractivity contribution in [2.45, 2.75) is 51.6 Å². The number of anilines is 1. The largest absolute Gasteiger partial charge is 0.481 e. The molecule has 0 radical (unpaired) electrons. The number of rotatable bonds is 12. The summed E-state index contributed by atoms with van der Waals surface area (Å²) in [4.78, 5) is 62.7. The van der Waals surface area contributed by atoms with E-state index in [-0.39, 0.29) is 5.41 Å². The van der Waals surface area contributed by atoms with Gasteiger partial charge in [0.15, 0.2) is 5.78 Å². The SMILES string of the molecule is C[C@H](NC(=O)C(=O)Nc1ccccc1C(C)(C)C)C(=O)N[C@@H](CC(=O)O)C(=O)COP(=O)(c1ccccc1)c1ccccc1. The minimum Gasteiger partial charge on any atom is -0.481 e. The van der Waals surface area contributed by atoms with Crippen molar-refractivity contribution >= 4 is 53.1 Å². The van der Waals surface area contributed by atoms with Crippen molar-refractivity contribution in [2.75, 3.05) is 11.9 Å². The number of carboxylic acids is 1. The highest BCUT2D eigenvalue weighted by atomic mass is 31.2. The Morgan fingerprint density at radius 1 is 0.795 bits per heavy atom. The summed E-state index contributed by atoms with van der Waals surface area (Å²) in [6.45, 7) is 6.36. The number of carboxylic acid groups (broad SMARTS) is 1. The van der Waals surface area contributed by atoms with E-state index >= 15 is 0 Å². The lowest BCUT2D eigenvalue weighted by Gasteiger charge is -2.23. The van der Waals surface area contributed by atoms with Gasteiger partial charge >= 0.3 is 17.8 Å². The molecule has 0 unspecified atom stereocenters. The van der Waals surface area contributed by atoms with Gasteiger partial charge in [-0.25, -0.2) is 0 Å². The van der Waals surface area contributed by atoms with Gasteiger partial charge in [-0.1, -0.05) is 75.4 Å². The van der Waals surface area contributed by atoms with Crippen LogP contribution in [0.2, 0.25) is 0 Å². The second-order valence-corrected chi connectivity index (χ2v) is 13.5. The highest BCUT2D eigenvalue weighted by Gasteiger charge is 2.33. The quantitative estimate of drug-likeness (QED) is 0.177. The normalized spacial score (nSPS) is 12.8. The number of hydrogen-bond acceptors (Lipinski definition) is 7. The third-order valence-corrected chi connectivity index (χ3v) is 9.04. The van der Waals surface area contributed by atoms with Crippen LogP contribution in [-0.2, 0) is 38.5 Å². The molecule has 0 aliphatic heterocycles. The Bertz CT molecular complexity index is 1510. The van der Waals surface area contributed by atoms with Gasteiger partial charge in [-0.3, -0.25) is 28.5 Å². The number of benzene rings is 3. The van der Waals surface area contributed by atoms with Crippen molar-refractivity contribution in [1.82, 2.24) is 10.6 Å². The minimum absolute atomic E-state index is 0.321. The number of amides is 3.